The third-order valence-electron chi connectivity index (χ3n) is 4.79. The van der Waals surface area contributed by atoms with E-state index in [-0.39, 0.29) is 29.6 Å². The first kappa shape index (κ1) is 20.4. The van der Waals surface area contributed by atoms with Crippen LogP contribution in [-0.2, 0) is 4.79 Å². The van der Waals surface area contributed by atoms with Crippen LogP contribution in [0.15, 0.2) is 42.5 Å². The normalized spacial score (nSPS) is 14.5. The Kier molecular flexibility index (Phi) is 6.18. The molecule has 1 heterocycles. The van der Waals surface area contributed by atoms with Crippen molar-refractivity contribution in [2.24, 2.45) is 0 Å². The molecule has 9 heteroatoms. The minimum Gasteiger partial charge on any atom is -0.336 e. The summed E-state index contributed by atoms with van der Waals surface area (Å²) in [5.41, 5.74) is 1.09. The molecular formula is C20H21FN4O4. The molecule has 0 unspecified atom stereocenters. The van der Waals surface area contributed by atoms with Gasteiger partial charge in [0.05, 0.1) is 11.5 Å². The Balaban J connectivity index is 1.53. The summed E-state index contributed by atoms with van der Waals surface area (Å²) < 4.78 is 13.2. The lowest BCUT2D eigenvalue weighted by Gasteiger charge is -2.34. The average Bonchev–Trinajstić information content (AvgIpc) is 2.68. The standard InChI is InChI=1S/C20H21FN4O4/c1-14-5-6-15(11-18(14)25(28)29)20(27)24-9-7-23(8-10-24)13-19(26)22-17-4-2-3-16(21)12-17/h2-6,11-12H,7-10,13H2,1H3,(H,22,26). The molecule has 0 radical (unpaired) electrons. The second-order valence-electron chi connectivity index (χ2n) is 6.89. The summed E-state index contributed by atoms with van der Waals surface area (Å²) in [5.74, 6) is -0.951. The van der Waals surface area contributed by atoms with Crippen molar-refractivity contribution in [3.05, 3.63) is 69.5 Å². The first-order valence-corrected chi connectivity index (χ1v) is 9.15. The Morgan fingerprint density at radius 2 is 1.86 bits per heavy atom. The molecule has 0 spiro atoms. The molecule has 1 fully saturated rings. The number of halogens is 1. The number of nitrogens with one attached hydrogen (secondary N) is 1. The number of piperazine rings is 1. The molecule has 0 aliphatic carbocycles. The minimum absolute atomic E-state index is 0.0801. The summed E-state index contributed by atoms with van der Waals surface area (Å²) in [6, 6.07) is 10.1. The number of aryl methyl sites for hydroxylation is 1. The van der Waals surface area contributed by atoms with Crippen LogP contribution < -0.4 is 5.32 Å². The maximum absolute atomic E-state index is 13.2. The highest BCUT2D eigenvalue weighted by Gasteiger charge is 2.25. The van der Waals surface area contributed by atoms with Crippen molar-refractivity contribution in [3.8, 4) is 0 Å². The predicted molar refractivity (Wildman–Crippen MR) is 105 cm³/mol. The molecule has 0 saturated carbocycles. The third-order valence-corrected chi connectivity index (χ3v) is 4.79. The van der Waals surface area contributed by atoms with Crippen LogP contribution >= 0.6 is 0 Å². The van der Waals surface area contributed by atoms with Gasteiger partial charge >= 0.3 is 0 Å². The Hall–Kier alpha value is -3.33. The van der Waals surface area contributed by atoms with Gasteiger partial charge in [0.25, 0.3) is 11.6 Å². The van der Waals surface area contributed by atoms with Crippen molar-refractivity contribution in [1.29, 1.82) is 0 Å². The maximum atomic E-state index is 13.2. The first-order valence-electron chi connectivity index (χ1n) is 9.15. The van der Waals surface area contributed by atoms with E-state index in [4.69, 9.17) is 0 Å². The fourth-order valence-electron chi connectivity index (χ4n) is 3.20. The van der Waals surface area contributed by atoms with E-state index in [2.05, 4.69) is 5.32 Å². The summed E-state index contributed by atoms with van der Waals surface area (Å²) in [4.78, 5) is 38.9. The van der Waals surface area contributed by atoms with Crippen LogP contribution in [0.5, 0.6) is 0 Å². The van der Waals surface area contributed by atoms with Crippen LogP contribution in [0.1, 0.15) is 15.9 Å². The zero-order chi connectivity index (χ0) is 21.0. The molecule has 0 atom stereocenters. The molecular weight excluding hydrogens is 379 g/mol. The molecule has 2 aromatic carbocycles. The monoisotopic (exact) mass is 400 g/mol. The summed E-state index contributed by atoms with van der Waals surface area (Å²) in [6.45, 7) is 3.57. The van der Waals surface area contributed by atoms with Gasteiger partial charge in [-0.15, -0.1) is 0 Å². The smallest absolute Gasteiger partial charge is 0.273 e. The highest BCUT2D eigenvalue weighted by atomic mass is 19.1. The Labute approximate surface area is 167 Å². The largest absolute Gasteiger partial charge is 0.336 e. The van der Waals surface area contributed by atoms with Crippen LogP contribution in [0, 0.1) is 22.9 Å². The molecule has 0 bridgehead atoms. The third kappa shape index (κ3) is 5.14. The van der Waals surface area contributed by atoms with Gasteiger partial charge in [-0.1, -0.05) is 12.1 Å². The number of benzene rings is 2. The van der Waals surface area contributed by atoms with Gasteiger partial charge in [0.2, 0.25) is 5.91 Å². The second kappa shape index (κ2) is 8.78. The fraction of sp³-hybridized carbons (Fsp3) is 0.300. The van der Waals surface area contributed by atoms with Gasteiger partial charge in [-0.25, -0.2) is 4.39 Å². The number of rotatable bonds is 5. The number of hydrogen-bond donors (Lipinski definition) is 1. The SMILES string of the molecule is Cc1ccc(C(=O)N2CCN(CC(=O)Nc3cccc(F)c3)CC2)cc1[N+](=O)[O-]. The van der Waals surface area contributed by atoms with Gasteiger partial charge in [0.1, 0.15) is 5.82 Å². The van der Waals surface area contributed by atoms with Crippen molar-refractivity contribution in [1.82, 2.24) is 9.80 Å². The number of anilines is 1. The number of nitro benzene ring substituents is 1. The molecule has 1 aliphatic rings. The topological polar surface area (TPSA) is 95.8 Å². The molecule has 2 amide bonds. The average molecular weight is 400 g/mol. The van der Waals surface area contributed by atoms with Crippen molar-refractivity contribution < 1.29 is 18.9 Å². The van der Waals surface area contributed by atoms with Crippen LogP contribution in [0.4, 0.5) is 15.8 Å². The molecule has 152 valence electrons. The molecule has 29 heavy (non-hydrogen) atoms. The van der Waals surface area contributed by atoms with Crippen LogP contribution in [-0.4, -0.2) is 59.3 Å². The van der Waals surface area contributed by atoms with E-state index < -0.39 is 10.7 Å². The zero-order valence-corrected chi connectivity index (χ0v) is 15.9. The molecule has 1 N–H and O–H groups in total. The Bertz CT molecular complexity index is 942. The van der Waals surface area contributed by atoms with Gasteiger partial charge in [0, 0.05) is 49.1 Å². The van der Waals surface area contributed by atoms with Crippen LogP contribution in [0.2, 0.25) is 0 Å². The van der Waals surface area contributed by atoms with Gasteiger partial charge in [-0.05, 0) is 31.2 Å². The Morgan fingerprint density at radius 1 is 1.14 bits per heavy atom. The lowest BCUT2D eigenvalue weighted by molar-refractivity contribution is -0.385. The number of hydrogen-bond acceptors (Lipinski definition) is 5. The lowest BCUT2D eigenvalue weighted by atomic mass is 10.1. The summed E-state index contributed by atoms with van der Waals surface area (Å²) in [6.07, 6.45) is 0. The summed E-state index contributed by atoms with van der Waals surface area (Å²) in [7, 11) is 0. The molecule has 3 rings (SSSR count). The highest BCUT2D eigenvalue weighted by molar-refractivity contribution is 5.95. The predicted octanol–water partition coefficient (Wildman–Crippen LogP) is 2.44. The van der Waals surface area contributed by atoms with Gasteiger partial charge in [-0.2, -0.15) is 0 Å². The van der Waals surface area contributed by atoms with Crippen molar-refractivity contribution >= 4 is 23.2 Å². The van der Waals surface area contributed by atoms with Gasteiger partial charge < -0.3 is 10.2 Å². The number of carbonyl (C=O) groups excluding carboxylic acids is 2. The number of nitro groups is 1. The number of amides is 2. The fourth-order valence-corrected chi connectivity index (χ4v) is 3.20. The molecule has 2 aromatic rings. The van der Waals surface area contributed by atoms with Crippen LogP contribution in [0.3, 0.4) is 0 Å². The second-order valence-corrected chi connectivity index (χ2v) is 6.89. The van der Waals surface area contributed by atoms with Gasteiger partial charge in [-0.3, -0.25) is 24.6 Å². The first-order chi connectivity index (χ1) is 13.8. The summed E-state index contributed by atoms with van der Waals surface area (Å²) in [5, 5.41) is 13.7. The lowest BCUT2D eigenvalue weighted by Crippen LogP contribution is -2.50. The number of carbonyl (C=O) groups is 2. The van der Waals surface area contributed by atoms with E-state index in [9.17, 15) is 24.1 Å². The quantitative estimate of drug-likeness (QED) is 0.614. The molecule has 1 saturated heterocycles. The van der Waals surface area contributed by atoms with E-state index in [1.807, 2.05) is 4.90 Å². The van der Waals surface area contributed by atoms with Gasteiger partial charge in [0.15, 0.2) is 0 Å². The number of nitrogens with zero attached hydrogens (tertiary/aromatic N) is 3. The maximum Gasteiger partial charge on any atom is 0.273 e. The zero-order valence-electron chi connectivity index (χ0n) is 15.9. The highest BCUT2D eigenvalue weighted by Crippen LogP contribution is 2.20. The van der Waals surface area contributed by atoms with E-state index >= 15 is 0 Å². The Morgan fingerprint density at radius 3 is 2.52 bits per heavy atom. The summed E-state index contributed by atoms with van der Waals surface area (Å²) >= 11 is 0. The van der Waals surface area contributed by atoms with Crippen molar-refractivity contribution in [3.63, 3.8) is 0 Å². The van der Waals surface area contributed by atoms with Crippen LogP contribution in [0.25, 0.3) is 0 Å². The molecule has 1 aliphatic heterocycles. The molecule has 0 aromatic heterocycles. The van der Waals surface area contributed by atoms with Crippen molar-refractivity contribution in [2.45, 2.75) is 6.92 Å². The van der Waals surface area contributed by atoms with E-state index in [0.717, 1.165) is 0 Å². The minimum atomic E-state index is -0.499. The molecule has 8 nitrogen and oxygen atoms in total. The van der Waals surface area contributed by atoms with Crippen molar-refractivity contribution in [2.75, 3.05) is 38.0 Å². The van der Waals surface area contributed by atoms with E-state index in [1.54, 1.807) is 30.0 Å². The van der Waals surface area contributed by atoms with E-state index in [0.29, 0.717) is 37.4 Å². The van der Waals surface area contributed by atoms with E-state index in [1.165, 1.54) is 24.3 Å².